The molecule has 0 saturated carbocycles. The van der Waals surface area contributed by atoms with Crippen LogP contribution < -0.4 is 5.32 Å². The summed E-state index contributed by atoms with van der Waals surface area (Å²) in [6.45, 7) is 0. The number of carbonyl (C=O) groups excluding carboxylic acids is 1. The molecule has 122 valence electrons. The molecule has 0 aliphatic rings. The van der Waals surface area contributed by atoms with Crippen molar-refractivity contribution in [3.05, 3.63) is 66.1 Å². The Balaban J connectivity index is 1.84. The minimum absolute atomic E-state index is 0.0595. The Bertz CT molecular complexity index is 844. The van der Waals surface area contributed by atoms with Crippen molar-refractivity contribution in [1.29, 1.82) is 0 Å². The lowest BCUT2D eigenvalue weighted by atomic mass is 10.0. The SMILES string of the molecule is O=C(Nc1ccc(-c2ccccc2C(F)(F)F)nn1)c1ccoc1. The molecule has 24 heavy (non-hydrogen) atoms. The van der Waals surface area contributed by atoms with Gasteiger partial charge in [0.05, 0.1) is 23.1 Å². The Morgan fingerprint density at radius 3 is 2.46 bits per heavy atom. The molecule has 2 aromatic heterocycles. The van der Waals surface area contributed by atoms with Gasteiger partial charge in [-0.2, -0.15) is 13.2 Å². The summed E-state index contributed by atoms with van der Waals surface area (Å²) in [7, 11) is 0. The van der Waals surface area contributed by atoms with Gasteiger partial charge in [0.15, 0.2) is 5.82 Å². The molecule has 1 amide bonds. The zero-order chi connectivity index (χ0) is 17.2. The van der Waals surface area contributed by atoms with Crippen LogP contribution in [-0.2, 0) is 6.18 Å². The van der Waals surface area contributed by atoms with Crippen molar-refractivity contribution in [1.82, 2.24) is 10.2 Å². The largest absolute Gasteiger partial charge is 0.472 e. The summed E-state index contributed by atoms with van der Waals surface area (Å²) in [6.07, 6.45) is -1.89. The second-order valence-electron chi connectivity index (χ2n) is 4.81. The van der Waals surface area contributed by atoms with E-state index in [1.807, 2.05) is 0 Å². The maximum absolute atomic E-state index is 13.0. The van der Waals surface area contributed by atoms with Gasteiger partial charge in [0.2, 0.25) is 0 Å². The Labute approximate surface area is 134 Å². The van der Waals surface area contributed by atoms with Gasteiger partial charge in [-0.15, -0.1) is 10.2 Å². The number of hydrogen-bond acceptors (Lipinski definition) is 4. The maximum atomic E-state index is 13.0. The summed E-state index contributed by atoms with van der Waals surface area (Å²) in [4.78, 5) is 11.8. The molecule has 0 aliphatic carbocycles. The summed E-state index contributed by atoms with van der Waals surface area (Å²) in [5, 5.41) is 9.99. The number of furan rings is 1. The van der Waals surface area contributed by atoms with Crippen molar-refractivity contribution in [3.8, 4) is 11.3 Å². The third-order valence-electron chi connectivity index (χ3n) is 3.20. The van der Waals surface area contributed by atoms with E-state index >= 15 is 0 Å². The molecule has 0 bridgehead atoms. The van der Waals surface area contributed by atoms with Gasteiger partial charge in [-0.25, -0.2) is 0 Å². The first-order valence-corrected chi connectivity index (χ1v) is 6.79. The molecule has 3 aromatic rings. The number of amides is 1. The molecule has 0 unspecified atom stereocenters. The van der Waals surface area contributed by atoms with Crippen LogP contribution in [0.25, 0.3) is 11.3 Å². The Morgan fingerprint density at radius 1 is 1.04 bits per heavy atom. The maximum Gasteiger partial charge on any atom is 0.417 e. The highest BCUT2D eigenvalue weighted by Gasteiger charge is 2.33. The summed E-state index contributed by atoms with van der Waals surface area (Å²) in [6, 6.07) is 9.30. The Kier molecular flexibility index (Phi) is 4.03. The number of benzene rings is 1. The lowest BCUT2D eigenvalue weighted by molar-refractivity contribution is -0.137. The van der Waals surface area contributed by atoms with Crippen molar-refractivity contribution in [2.75, 3.05) is 5.32 Å². The van der Waals surface area contributed by atoms with Crippen LogP contribution in [0.3, 0.4) is 0 Å². The number of alkyl halides is 3. The predicted octanol–water partition coefficient (Wildman–Crippen LogP) is 4.01. The summed E-state index contributed by atoms with van der Waals surface area (Å²) >= 11 is 0. The number of anilines is 1. The summed E-state index contributed by atoms with van der Waals surface area (Å²) in [5.41, 5.74) is -0.521. The van der Waals surface area contributed by atoms with Gasteiger partial charge in [0, 0.05) is 5.56 Å². The second-order valence-corrected chi connectivity index (χ2v) is 4.81. The van der Waals surface area contributed by atoms with Gasteiger partial charge in [-0.05, 0) is 24.3 Å². The average Bonchev–Trinajstić information content (AvgIpc) is 3.09. The lowest BCUT2D eigenvalue weighted by Gasteiger charge is -2.12. The summed E-state index contributed by atoms with van der Waals surface area (Å²) in [5.74, 6) is -0.337. The normalized spacial score (nSPS) is 11.3. The number of halogens is 3. The van der Waals surface area contributed by atoms with Gasteiger partial charge in [-0.3, -0.25) is 4.79 Å². The van der Waals surface area contributed by atoms with Crippen LogP contribution in [-0.4, -0.2) is 16.1 Å². The number of rotatable bonds is 3. The fourth-order valence-electron chi connectivity index (χ4n) is 2.08. The van der Waals surface area contributed by atoms with E-state index in [2.05, 4.69) is 15.5 Å². The zero-order valence-electron chi connectivity index (χ0n) is 12.0. The number of carbonyl (C=O) groups is 1. The quantitative estimate of drug-likeness (QED) is 0.786. The van der Waals surface area contributed by atoms with E-state index in [-0.39, 0.29) is 17.1 Å². The van der Waals surface area contributed by atoms with E-state index in [9.17, 15) is 18.0 Å². The van der Waals surface area contributed by atoms with E-state index in [0.29, 0.717) is 5.56 Å². The minimum Gasteiger partial charge on any atom is -0.472 e. The molecule has 0 spiro atoms. The van der Waals surface area contributed by atoms with Crippen LogP contribution in [0.1, 0.15) is 15.9 Å². The van der Waals surface area contributed by atoms with Crippen LogP contribution in [0.2, 0.25) is 0 Å². The van der Waals surface area contributed by atoms with E-state index in [4.69, 9.17) is 4.42 Å². The molecule has 3 rings (SSSR count). The fourth-order valence-corrected chi connectivity index (χ4v) is 2.08. The van der Waals surface area contributed by atoms with E-state index in [0.717, 1.165) is 6.07 Å². The van der Waals surface area contributed by atoms with Crippen molar-refractivity contribution in [3.63, 3.8) is 0 Å². The molecule has 0 atom stereocenters. The summed E-state index contributed by atoms with van der Waals surface area (Å²) < 4.78 is 43.9. The molecule has 5 nitrogen and oxygen atoms in total. The standard InChI is InChI=1S/C16H10F3N3O2/c17-16(18,19)12-4-2-1-3-11(12)13-5-6-14(22-21-13)20-15(23)10-7-8-24-9-10/h1-9H,(H,20,22,23). The van der Waals surface area contributed by atoms with Gasteiger partial charge < -0.3 is 9.73 Å². The molecular weight excluding hydrogens is 323 g/mol. The number of nitrogens with one attached hydrogen (secondary N) is 1. The highest BCUT2D eigenvalue weighted by atomic mass is 19.4. The van der Waals surface area contributed by atoms with Crippen molar-refractivity contribution >= 4 is 11.7 Å². The van der Waals surface area contributed by atoms with Gasteiger partial charge in [0.1, 0.15) is 6.26 Å². The van der Waals surface area contributed by atoms with E-state index < -0.39 is 17.6 Å². The smallest absolute Gasteiger partial charge is 0.417 e. The molecule has 0 saturated heterocycles. The third kappa shape index (κ3) is 3.27. The molecule has 0 aliphatic heterocycles. The van der Waals surface area contributed by atoms with Crippen molar-refractivity contribution in [2.24, 2.45) is 0 Å². The fraction of sp³-hybridized carbons (Fsp3) is 0.0625. The average molecular weight is 333 g/mol. The molecule has 0 fully saturated rings. The Morgan fingerprint density at radius 2 is 1.83 bits per heavy atom. The number of hydrogen-bond donors (Lipinski definition) is 1. The highest BCUT2D eigenvalue weighted by Crippen LogP contribution is 2.36. The number of aromatic nitrogens is 2. The number of nitrogens with zero attached hydrogens (tertiary/aromatic N) is 2. The molecule has 1 aromatic carbocycles. The molecule has 0 radical (unpaired) electrons. The van der Waals surface area contributed by atoms with E-state index in [1.54, 1.807) is 0 Å². The zero-order valence-corrected chi connectivity index (χ0v) is 12.0. The first kappa shape index (κ1) is 15.7. The first-order chi connectivity index (χ1) is 11.4. The lowest BCUT2D eigenvalue weighted by Crippen LogP contribution is -2.12. The van der Waals surface area contributed by atoms with Gasteiger partial charge >= 0.3 is 6.18 Å². The minimum atomic E-state index is -4.49. The molecule has 8 heteroatoms. The van der Waals surface area contributed by atoms with Crippen LogP contribution in [0, 0.1) is 0 Å². The van der Waals surface area contributed by atoms with Crippen molar-refractivity contribution in [2.45, 2.75) is 6.18 Å². The van der Waals surface area contributed by atoms with Crippen molar-refractivity contribution < 1.29 is 22.4 Å². The topological polar surface area (TPSA) is 68.0 Å². The van der Waals surface area contributed by atoms with Crippen LogP contribution in [0.5, 0.6) is 0 Å². The van der Waals surface area contributed by atoms with Crippen LogP contribution in [0.4, 0.5) is 19.0 Å². The van der Waals surface area contributed by atoms with Crippen LogP contribution >= 0.6 is 0 Å². The Hall–Kier alpha value is -3.16. The van der Waals surface area contributed by atoms with Crippen LogP contribution in [0.15, 0.2) is 59.4 Å². The highest BCUT2D eigenvalue weighted by molar-refractivity contribution is 6.03. The molecule has 2 heterocycles. The third-order valence-corrected chi connectivity index (χ3v) is 3.20. The van der Waals surface area contributed by atoms with E-state index in [1.165, 1.54) is 48.9 Å². The molecule has 1 N–H and O–H groups in total. The molecular formula is C16H10F3N3O2. The first-order valence-electron chi connectivity index (χ1n) is 6.79. The predicted molar refractivity (Wildman–Crippen MR) is 79.1 cm³/mol. The second kappa shape index (κ2) is 6.15. The van der Waals surface area contributed by atoms with Gasteiger partial charge in [-0.1, -0.05) is 18.2 Å². The monoisotopic (exact) mass is 333 g/mol. The van der Waals surface area contributed by atoms with Gasteiger partial charge in [0.25, 0.3) is 5.91 Å².